The van der Waals surface area contributed by atoms with Gasteiger partial charge in [-0.25, -0.2) is 4.79 Å². The Morgan fingerprint density at radius 3 is 2.72 bits per heavy atom. The highest BCUT2D eigenvalue weighted by molar-refractivity contribution is 5.96. The molecule has 1 N–H and O–H groups in total. The van der Waals surface area contributed by atoms with E-state index < -0.39 is 12.0 Å². The van der Waals surface area contributed by atoms with E-state index in [1.165, 1.54) is 13.3 Å². The van der Waals surface area contributed by atoms with Gasteiger partial charge in [0.05, 0.1) is 12.7 Å². The Labute approximate surface area is 107 Å². The molecule has 0 aliphatic heterocycles. The summed E-state index contributed by atoms with van der Waals surface area (Å²) in [6.45, 7) is 3.85. The molecule has 0 bridgehead atoms. The number of amides is 1. The van der Waals surface area contributed by atoms with Gasteiger partial charge in [0.25, 0.3) is 5.91 Å². The molecule has 0 fully saturated rings. The van der Waals surface area contributed by atoms with Crippen LogP contribution in [0.3, 0.4) is 0 Å². The fourth-order valence-electron chi connectivity index (χ4n) is 1.52. The van der Waals surface area contributed by atoms with Gasteiger partial charge < -0.3 is 10.1 Å². The average molecular weight is 250 g/mol. The van der Waals surface area contributed by atoms with E-state index in [0.29, 0.717) is 5.56 Å². The van der Waals surface area contributed by atoms with Crippen molar-refractivity contribution in [1.29, 1.82) is 0 Å². The summed E-state index contributed by atoms with van der Waals surface area (Å²) in [5.74, 6) is -0.738. The number of ether oxygens (including phenoxy) is 1. The van der Waals surface area contributed by atoms with Crippen LogP contribution in [0.4, 0.5) is 0 Å². The molecule has 0 aromatic carbocycles. The number of rotatable bonds is 5. The number of methoxy groups -OCH3 is 1. The molecular weight excluding hydrogens is 232 g/mol. The zero-order valence-electron chi connectivity index (χ0n) is 10.8. The first-order chi connectivity index (χ1) is 8.60. The average Bonchev–Trinajstić information content (AvgIpc) is 2.43. The van der Waals surface area contributed by atoms with Gasteiger partial charge >= 0.3 is 5.97 Å². The minimum absolute atomic E-state index is 0.0121. The number of hydrogen-bond donors (Lipinski definition) is 1. The Morgan fingerprint density at radius 2 is 2.22 bits per heavy atom. The fraction of sp³-hybridized carbons (Fsp3) is 0.462. The summed E-state index contributed by atoms with van der Waals surface area (Å²) >= 11 is 0. The zero-order valence-corrected chi connectivity index (χ0v) is 10.8. The third-order valence-electron chi connectivity index (χ3n) is 2.88. The lowest BCUT2D eigenvalue weighted by Gasteiger charge is -2.21. The van der Waals surface area contributed by atoms with Crippen LogP contribution in [0.25, 0.3) is 0 Å². The maximum absolute atomic E-state index is 11.9. The molecule has 0 aliphatic rings. The van der Waals surface area contributed by atoms with Crippen LogP contribution in [0, 0.1) is 5.92 Å². The summed E-state index contributed by atoms with van der Waals surface area (Å²) in [5, 5.41) is 2.68. The molecule has 1 aromatic heterocycles. The normalized spacial score (nSPS) is 13.5. The van der Waals surface area contributed by atoms with E-state index in [-0.39, 0.29) is 11.8 Å². The largest absolute Gasteiger partial charge is 0.467 e. The summed E-state index contributed by atoms with van der Waals surface area (Å²) in [6, 6.07) is 2.69. The maximum atomic E-state index is 11.9. The van der Waals surface area contributed by atoms with Gasteiger partial charge in [0.15, 0.2) is 0 Å². The summed E-state index contributed by atoms with van der Waals surface area (Å²) in [4.78, 5) is 27.4. The van der Waals surface area contributed by atoms with Crippen LogP contribution in [0.1, 0.15) is 30.6 Å². The number of nitrogens with one attached hydrogen (secondary N) is 1. The van der Waals surface area contributed by atoms with Crippen LogP contribution >= 0.6 is 0 Å². The van der Waals surface area contributed by atoms with Crippen molar-refractivity contribution in [3.8, 4) is 0 Å². The number of carbonyl (C=O) groups is 2. The van der Waals surface area contributed by atoms with E-state index >= 15 is 0 Å². The van der Waals surface area contributed by atoms with Crippen LogP contribution in [0.15, 0.2) is 24.5 Å². The SMILES string of the molecule is CCC(C)C(NC(=O)c1cccnc1)C(=O)OC. The van der Waals surface area contributed by atoms with E-state index in [1.54, 1.807) is 18.3 Å². The summed E-state index contributed by atoms with van der Waals surface area (Å²) < 4.78 is 4.70. The van der Waals surface area contributed by atoms with Gasteiger partial charge in [-0.15, -0.1) is 0 Å². The quantitative estimate of drug-likeness (QED) is 0.802. The molecule has 18 heavy (non-hydrogen) atoms. The molecule has 0 radical (unpaired) electrons. The minimum Gasteiger partial charge on any atom is -0.467 e. The van der Waals surface area contributed by atoms with E-state index in [0.717, 1.165) is 6.42 Å². The lowest BCUT2D eigenvalue weighted by Crippen LogP contribution is -2.45. The highest BCUT2D eigenvalue weighted by Crippen LogP contribution is 2.10. The van der Waals surface area contributed by atoms with Crippen molar-refractivity contribution in [3.05, 3.63) is 30.1 Å². The highest BCUT2D eigenvalue weighted by Gasteiger charge is 2.26. The van der Waals surface area contributed by atoms with Gasteiger partial charge in [-0.2, -0.15) is 0 Å². The summed E-state index contributed by atoms with van der Waals surface area (Å²) in [5.41, 5.74) is 0.426. The van der Waals surface area contributed by atoms with Crippen molar-refractivity contribution >= 4 is 11.9 Å². The first kappa shape index (κ1) is 14.2. The Bertz CT molecular complexity index is 406. The number of hydrogen-bond acceptors (Lipinski definition) is 4. The molecule has 0 saturated heterocycles. The van der Waals surface area contributed by atoms with E-state index in [2.05, 4.69) is 10.3 Å². The van der Waals surface area contributed by atoms with Gasteiger partial charge in [0, 0.05) is 12.4 Å². The molecule has 0 aliphatic carbocycles. The fourth-order valence-corrected chi connectivity index (χ4v) is 1.52. The second-order valence-electron chi connectivity index (χ2n) is 4.10. The van der Waals surface area contributed by atoms with Crippen molar-refractivity contribution in [2.75, 3.05) is 7.11 Å². The number of nitrogens with zero attached hydrogens (tertiary/aromatic N) is 1. The number of aromatic nitrogens is 1. The van der Waals surface area contributed by atoms with Crippen molar-refractivity contribution in [2.24, 2.45) is 5.92 Å². The predicted octanol–water partition coefficient (Wildman–Crippen LogP) is 1.40. The number of esters is 1. The van der Waals surface area contributed by atoms with Crippen LogP contribution in [0.2, 0.25) is 0 Å². The first-order valence-corrected chi connectivity index (χ1v) is 5.88. The molecule has 0 spiro atoms. The van der Waals surface area contributed by atoms with Gasteiger partial charge in [0.2, 0.25) is 0 Å². The summed E-state index contributed by atoms with van der Waals surface area (Å²) in [6.07, 6.45) is 3.82. The second kappa shape index (κ2) is 6.74. The van der Waals surface area contributed by atoms with Crippen molar-refractivity contribution in [2.45, 2.75) is 26.3 Å². The van der Waals surface area contributed by atoms with Gasteiger partial charge in [-0.3, -0.25) is 9.78 Å². The molecule has 1 rings (SSSR count). The highest BCUT2D eigenvalue weighted by atomic mass is 16.5. The van der Waals surface area contributed by atoms with E-state index in [1.807, 2.05) is 13.8 Å². The number of pyridine rings is 1. The van der Waals surface area contributed by atoms with Crippen LogP contribution in [0.5, 0.6) is 0 Å². The lowest BCUT2D eigenvalue weighted by molar-refractivity contribution is -0.144. The first-order valence-electron chi connectivity index (χ1n) is 5.88. The Morgan fingerprint density at radius 1 is 1.50 bits per heavy atom. The topological polar surface area (TPSA) is 68.3 Å². The minimum atomic E-state index is -0.632. The van der Waals surface area contributed by atoms with Crippen molar-refractivity contribution in [3.63, 3.8) is 0 Å². The molecule has 1 heterocycles. The zero-order chi connectivity index (χ0) is 13.5. The summed E-state index contributed by atoms with van der Waals surface area (Å²) in [7, 11) is 1.31. The monoisotopic (exact) mass is 250 g/mol. The second-order valence-corrected chi connectivity index (χ2v) is 4.10. The molecule has 5 nitrogen and oxygen atoms in total. The molecule has 1 amide bonds. The standard InChI is InChI=1S/C13H18N2O3/c1-4-9(2)11(13(17)18-3)15-12(16)10-6-5-7-14-8-10/h5-9,11H,4H2,1-3H3,(H,15,16). The van der Waals surface area contributed by atoms with Crippen LogP contribution in [-0.4, -0.2) is 30.0 Å². The van der Waals surface area contributed by atoms with Gasteiger partial charge in [-0.1, -0.05) is 20.3 Å². The third kappa shape index (κ3) is 3.55. The van der Waals surface area contributed by atoms with Crippen molar-refractivity contribution < 1.29 is 14.3 Å². The Balaban J connectivity index is 2.78. The van der Waals surface area contributed by atoms with E-state index in [9.17, 15) is 9.59 Å². The molecule has 0 saturated carbocycles. The number of carbonyl (C=O) groups excluding carboxylic acids is 2. The maximum Gasteiger partial charge on any atom is 0.328 e. The van der Waals surface area contributed by atoms with Crippen LogP contribution < -0.4 is 5.32 Å². The molecule has 1 aromatic rings. The molecule has 2 atom stereocenters. The molecule has 5 heteroatoms. The Kier molecular flexibility index (Phi) is 5.30. The molecule has 98 valence electrons. The third-order valence-corrected chi connectivity index (χ3v) is 2.88. The van der Waals surface area contributed by atoms with E-state index in [4.69, 9.17) is 4.74 Å². The van der Waals surface area contributed by atoms with Gasteiger partial charge in [0.1, 0.15) is 6.04 Å². The molecule has 2 unspecified atom stereocenters. The smallest absolute Gasteiger partial charge is 0.328 e. The van der Waals surface area contributed by atoms with Crippen LogP contribution in [-0.2, 0) is 9.53 Å². The predicted molar refractivity (Wildman–Crippen MR) is 67.0 cm³/mol. The van der Waals surface area contributed by atoms with Crippen molar-refractivity contribution in [1.82, 2.24) is 10.3 Å². The Hall–Kier alpha value is -1.91. The lowest BCUT2D eigenvalue weighted by atomic mass is 9.99. The van der Waals surface area contributed by atoms with Gasteiger partial charge in [-0.05, 0) is 18.1 Å². The molecular formula is C13H18N2O3.